The van der Waals surface area contributed by atoms with Crippen molar-refractivity contribution in [1.82, 2.24) is 10.6 Å². The fourth-order valence-electron chi connectivity index (χ4n) is 9.67. The Morgan fingerprint density at radius 3 is 0.860 bits per heavy atom. The number of amides is 2. The number of rotatable bonds is 27. The zero-order valence-corrected chi connectivity index (χ0v) is 51.5. The monoisotopic (exact) mass is 1270 g/mol. The Labute approximate surface area is 503 Å². The van der Waals surface area contributed by atoms with Gasteiger partial charge in [-0.1, -0.05) is 0 Å². The molecule has 0 aromatic heterocycles. The highest BCUT2D eigenvalue weighted by atomic mass is 32.2. The average Bonchev–Trinajstić information content (AvgIpc) is 3.00. The predicted molar refractivity (Wildman–Crippen MR) is 286 cm³/mol. The molecule has 4 saturated heterocycles. The fraction of sp³-hybridized carbons (Fsp3) is 0.769. The fourth-order valence-corrected chi connectivity index (χ4v) is 11.9. The highest BCUT2D eigenvalue weighted by molar-refractivity contribution is 8.02. The second-order valence-electron chi connectivity index (χ2n) is 19.6. The van der Waals surface area contributed by atoms with Gasteiger partial charge in [-0.2, -0.15) is 23.5 Å². The molecular weight excluding hydrogens is 1200 g/mol. The van der Waals surface area contributed by atoms with Crippen LogP contribution in [0.2, 0.25) is 0 Å². The van der Waals surface area contributed by atoms with Crippen LogP contribution in [0.15, 0.2) is 0 Å². The van der Waals surface area contributed by atoms with E-state index in [0.29, 0.717) is 0 Å². The number of hydrogen-bond acceptors (Lipinski definition) is 32. The molecule has 4 aliphatic heterocycles. The molecular formula is C52H76N2O30S2. The molecule has 2 amide bonds. The molecule has 32 nitrogen and oxygen atoms in total. The van der Waals surface area contributed by atoms with Gasteiger partial charge in [0.05, 0.1) is 0 Å². The molecule has 34 heteroatoms. The van der Waals surface area contributed by atoms with Crippen LogP contribution in [0.5, 0.6) is 0 Å². The van der Waals surface area contributed by atoms with Crippen LogP contribution in [-0.4, -0.2) is 245 Å². The van der Waals surface area contributed by atoms with Gasteiger partial charge >= 0.3 is 59.7 Å². The first-order valence-electron chi connectivity index (χ1n) is 26.8. The Morgan fingerprint density at radius 2 is 0.593 bits per heavy atom. The summed E-state index contributed by atoms with van der Waals surface area (Å²) in [6.45, 7) is 11.9. The highest BCUT2D eigenvalue weighted by Gasteiger charge is 2.59. The number of esters is 10. The smallest absolute Gasteiger partial charge is 0.303 e. The molecule has 0 bridgehead atoms. The number of methoxy groups -OCH3 is 2. The van der Waals surface area contributed by atoms with Gasteiger partial charge in [0.1, 0.15) is 61.9 Å². The van der Waals surface area contributed by atoms with Gasteiger partial charge < -0.3 is 95.9 Å². The standard InChI is InChI=1S/C52H76N2O30S2/c1-21(55)53-37-43(73-27(7)61)39(33(17-69-23(3)57)79-49(37)67-13)83-51-47(77-31(11)65)45(75-29(9)63)41(71-25(5)59)35(81-51)19-85-15-16-86-20-36-42(72-26(6)60)46(76-30(10)64)48(78-32(12)66)52(82-36)84-40-34(18-70-24(4)58)80-50(68-14)38(54-22(2)56)44(40)74-28(8)62/h33-52H,15-20H2,1-14H3,(H,53,55)(H,54,56)/t33-,34-,35-,36-,37-,38-,39+,40+,41+,42+,43-,44-,45+,46+,47-,48-,49-,50-,51+,52+/m1/s1. The number of hydrogen-bond donors (Lipinski definition) is 2. The summed E-state index contributed by atoms with van der Waals surface area (Å²) < 4.78 is 105. The topological polar surface area (TPSA) is 395 Å². The summed E-state index contributed by atoms with van der Waals surface area (Å²) in [5.41, 5.74) is 0. The lowest BCUT2D eigenvalue weighted by Gasteiger charge is -2.49. The van der Waals surface area contributed by atoms with Crippen molar-refractivity contribution in [2.75, 3.05) is 50.4 Å². The van der Waals surface area contributed by atoms with Crippen molar-refractivity contribution in [3.05, 3.63) is 0 Å². The first-order chi connectivity index (χ1) is 40.4. The van der Waals surface area contributed by atoms with Crippen LogP contribution in [0.25, 0.3) is 0 Å². The highest BCUT2D eigenvalue weighted by Crippen LogP contribution is 2.38. The number of carbonyl (C=O) groups excluding carboxylic acids is 12. The molecule has 4 heterocycles. The van der Waals surface area contributed by atoms with Gasteiger partial charge in [-0.3, -0.25) is 57.5 Å². The van der Waals surface area contributed by atoms with Crippen molar-refractivity contribution in [1.29, 1.82) is 0 Å². The minimum absolute atomic E-state index is 0.0933. The Balaban J connectivity index is 1.71. The molecule has 0 saturated carbocycles. The number of carbonyl (C=O) groups is 12. The van der Waals surface area contributed by atoms with E-state index in [1.807, 2.05) is 0 Å². The van der Waals surface area contributed by atoms with E-state index in [0.717, 1.165) is 69.2 Å². The molecule has 4 rings (SSSR count). The van der Waals surface area contributed by atoms with Gasteiger partial charge in [-0.05, 0) is 0 Å². The molecule has 0 spiro atoms. The van der Waals surface area contributed by atoms with Crippen LogP contribution < -0.4 is 10.6 Å². The number of thioether (sulfide) groups is 2. The predicted octanol–water partition coefficient (Wildman–Crippen LogP) is -0.995. The van der Waals surface area contributed by atoms with E-state index in [1.165, 1.54) is 51.6 Å². The second-order valence-corrected chi connectivity index (χ2v) is 21.9. The molecule has 0 radical (unpaired) electrons. The van der Waals surface area contributed by atoms with E-state index in [-0.39, 0.29) is 23.0 Å². The Bertz CT molecular complexity index is 2240. The van der Waals surface area contributed by atoms with Crippen molar-refractivity contribution in [2.24, 2.45) is 0 Å². The van der Waals surface area contributed by atoms with Gasteiger partial charge in [0, 0.05) is 120 Å². The number of ether oxygens (including phenoxy) is 18. The van der Waals surface area contributed by atoms with Gasteiger partial charge in [-0.15, -0.1) is 0 Å². The van der Waals surface area contributed by atoms with Crippen LogP contribution in [0, 0.1) is 0 Å². The van der Waals surface area contributed by atoms with Crippen LogP contribution in [0.3, 0.4) is 0 Å². The van der Waals surface area contributed by atoms with E-state index in [9.17, 15) is 57.5 Å². The molecule has 0 aromatic rings. The lowest BCUT2D eigenvalue weighted by molar-refractivity contribution is -0.344. The molecule has 0 aromatic carbocycles. The maximum atomic E-state index is 12.8. The number of nitrogens with one attached hydrogen (secondary N) is 2. The van der Waals surface area contributed by atoms with E-state index in [1.54, 1.807) is 0 Å². The minimum atomic E-state index is -1.80. The lowest BCUT2D eigenvalue weighted by atomic mass is 9.95. The van der Waals surface area contributed by atoms with E-state index in [4.69, 9.17) is 85.3 Å². The third-order valence-corrected chi connectivity index (χ3v) is 14.9. The van der Waals surface area contributed by atoms with Crippen LogP contribution in [-0.2, 0) is 143 Å². The first kappa shape index (κ1) is 72.5. The van der Waals surface area contributed by atoms with E-state index < -0.39 is 207 Å². The Kier molecular flexibility index (Phi) is 29.1. The summed E-state index contributed by atoms with van der Waals surface area (Å²) >= 11 is 2.39. The summed E-state index contributed by atoms with van der Waals surface area (Å²) in [7, 11) is 2.47. The average molecular weight is 1270 g/mol. The normalized spacial score (nSPS) is 32.3. The maximum absolute atomic E-state index is 12.8. The van der Waals surface area contributed by atoms with Gasteiger partial charge in [0.2, 0.25) is 11.8 Å². The lowest BCUT2D eigenvalue weighted by Crippen LogP contribution is -2.69. The van der Waals surface area contributed by atoms with Gasteiger partial charge in [0.25, 0.3) is 0 Å². The van der Waals surface area contributed by atoms with Crippen molar-refractivity contribution in [3.8, 4) is 0 Å². The second kappa shape index (κ2) is 34.5. The quantitative estimate of drug-likeness (QED) is 0.0566. The molecule has 20 atom stereocenters. The first-order valence-corrected chi connectivity index (χ1v) is 29.1. The summed E-state index contributed by atoms with van der Waals surface area (Å²) in [4.78, 5) is 152. The maximum Gasteiger partial charge on any atom is 0.303 e. The van der Waals surface area contributed by atoms with Crippen LogP contribution in [0.1, 0.15) is 83.1 Å². The molecule has 86 heavy (non-hydrogen) atoms. The summed E-state index contributed by atoms with van der Waals surface area (Å²) in [5, 5.41) is 5.22. The summed E-state index contributed by atoms with van der Waals surface area (Å²) in [5.74, 6) is -9.65. The van der Waals surface area contributed by atoms with Crippen molar-refractivity contribution < 1.29 is 143 Å². The zero-order valence-electron chi connectivity index (χ0n) is 49.9. The molecule has 0 unspecified atom stereocenters. The minimum Gasteiger partial charge on any atom is -0.463 e. The Hall–Kier alpha value is -5.98. The third-order valence-electron chi connectivity index (χ3n) is 12.5. The van der Waals surface area contributed by atoms with Crippen molar-refractivity contribution in [2.45, 2.75) is 206 Å². The largest absolute Gasteiger partial charge is 0.463 e. The van der Waals surface area contributed by atoms with E-state index in [2.05, 4.69) is 10.6 Å². The van der Waals surface area contributed by atoms with Crippen LogP contribution in [0.4, 0.5) is 0 Å². The zero-order chi connectivity index (χ0) is 64.3. The molecule has 0 aliphatic carbocycles. The van der Waals surface area contributed by atoms with Gasteiger partial charge in [0.15, 0.2) is 74.0 Å². The Morgan fingerprint density at radius 1 is 0.326 bits per heavy atom. The molecule has 4 aliphatic rings. The summed E-state index contributed by atoms with van der Waals surface area (Å²) in [6.07, 6.45) is -27.3. The summed E-state index contributed by atoms with van der Waals surface area (Å²) in [6, 6.07) is -2.57. The van der Waals surface area contributed by atoms with Crippen molar-refractivity contribution >= 4 is 95.0 Å². The molecule has 2 N–H and O–H groups in total. The van der Waals surface area contributed by atoms with E-state index >= 15 is 0 Å². The van der Waals surface area contributed by atoms with Crippen LogP contribution >= 0.6 is 23.5 Å². The molecule has 4 fully saturated rings. The third kappa shape index (κ3) is 22.0. The van der Waals surface area contributed by atoms with Crippen molar-refractivity contribution in [3.63, 3.8) is 0 Å². The molecule has 486 valence electrons. The SMILES string of the molecule is CO[C@@H]1O[C@H](COC(C)=O)[C@H](O[C@@H]2O[C@H](CSCCSC[C@H]3O[C@@H](O[C@@H]4[C@H](OC(C)=O)[C@@H](NC(C)=O)[C@H](OC)O[C@@H]4COC(C)=O)[C@H](OC(C)=O)[C@@H](OC(C)=O)[C@H]3OC(C)=O)[C@H](OC(C)=O)[C@H](OC(C)=O)[C@H]2OC(C)=O)[C@H](OC(C)=O)[C@H]1NC(C)=O. The van der Waals surface area contributed by atoms with Gasteiger partial charge in [-0.25, -0.2) is 0 Å².